The Hall–Kier alpha value is -1.98. The van der Waals surface area contributed by atoms with E-state index in [4.69, 9.17) is 9.72 Å². The van der Waals surface area contributed by atoms with Gasteiger partial charge in [0.05, 0.1) is 6.61 Å². The maximum Gasteiger partial charge on any atom is 0.161 e. The number of ether oxygens (including phenoxy) is 1. The molecule has 0 N–H and O–H groups in total. The lowest BCUT2D eigenvalue weighted by molar-refractivity contribution is 0.144. The molecule has 3 rings (SSSR count). The summed E-state index contributed by atoms with van der Waals surface area (Å²) < 4.78 is 5.14. The van der Waals surface area contributed by atoms with Crippen molar-refractivity contribution in [1.29, 1.82) is 0 Å². The van der Waals surface area contributed by atoms with Crippen LogP contribution in [0.15, 0.2) is 42.6 Å². The smallest absolute Gasteiger partial charge is 0.161 e. The molecule has 0 saturated carbocycles. The number of aromatic nitrogens is 2. The summed E-state index contributed by atoms with van der Waals surface area (Å²) in [5.74, 6) is 1.81. The normalized spacial score (nSPS) is 16.0. The van der Waals surface area contributed by atoms with Gasteiger partial charge in [-0.15, -0.1) is 0 Å². The summed E-state index contributed by atoms with van der Waals surface area (Å²) in [4.78, 5) is 13.9. The number of hydrogen-bond donors (Lipinski definition) is 0. The minimum Gasteiger partial charge on any atom is -0.383 e. The van der Waals surface area contributed by atoms with Crippen LogP contribution in [0.4, 0.5) is 5.82 Å². The van der Waals surface area contributed by atoms with Crippen molar-refractivity contribution in [1.82, 2.24) is 14.9 Å². The quantitative estimate of drug-likeness (QED) is 0.843. The largest absolute Gasteiger partial charge is 0.383 e. The zero-order valence-electron chi connectivity index (χ0n) is 13.0. The van der Waals surface area contributed by atoms with Crippen molar-refractivity contribution in [2.24, 2.45) is 0 Å². The van der Waals surface area contributed by atoms with Gasteiger partial charge in [-0.3, -0.25) is 4.90 Å². The van der Waals surface area contributed by atoms with Crippen LogP contribution in [0.3, 0.4) is 0 Å². The molecule has 1 fully saturated rings. The second-order valence-electron chi connectivity index (χ2n) is 5.43. The van der Waals surface area contributed by atoms with Crippen molar-refractivity contribution in [2.45, 2.75) is 0 Å². The predicted molar refractivity (Wildman–Crippen MR) is 88.0 cm³/mol. The molecule has 2 heterocycles. The molecule has 1 aromatic carbocycles. The first-order chi connectivity index (χ1) is 10.9. The Labute approximate surface area is 131 Å². The van der Waals surface area contributed by atoms with E-state index in [2.05, 4.69) is 14.8 Å². The van der Waals surface area contributed by atoms with Gasteiger partial charge in [0.15, 0.2) is 5.82 Å². The van der Waals surface area contributed by atoms with Crippen LogP contribution < -0.4 is 4.90 Å². The lowest BCUT2D eigenvalue weighted by Gasteiger charge is -2.35. The highest BCUT2D eigenvalue weighted by Gasteiger charge is 2.18. The van der Waals surface area contributed by atoms with E-state index in [1.807, 2.05) is 42.6 Å². The maximum absolute atomic E-state index is 5.14. The highest BCUT2D eigenvalue weighted by atomic mass is 16.5. The van der Waals surface area contributed by atoms with E-state index in [1.54, 1.807) is 7.11 Å². The minimum atomic E-state index is 0.792. The Kier molecular flexibility index (Phi) is 4.98. The molecule has 0 aliphatic carbocycles. The second kappa shape index (κ2) is 7.33. The molecule has 0 atom stereocenters. The van der Waals surface area contributed by atoms with Crippen LogP contribution in [0.1, 0.15) is 0 Å². The van der Waals surface area contributed by atoms with Crippen LogP contribution >= 0.6 is 0 Å². The Balaban J connectivity index is 1.66. The Morgan fingerprint density at radius 3 is 2.55 bits per heavy atom. The first-order valence-electron chi connectivity index (χ1n) is 7.71. The average Bonchev–Trinajstić information content (AvgIpc) is 2.61. The summed E-state index contributed by atoms with van der Waals surface area (Å²) in [5.41, 5.74) is 1.06. The van der Waals surface area contributed by atoms with E-state index in [9.17, 15) is 0 Å². The van der Waals surface area contributed by atoms with Crippen molar-refractivity contribution in [3.8, 4) is 11.4 Å². The van der Waals surface area contributed by atoms with Gasteiger partial charge in [0.2, 0.25) is 0 Å². The molecule has 2 aromatic rings. The van der Waals surface area contributed by atoms with Gasteiger partial charge >= 0.3 is 0 Å². The molecule has 22 heavy (non-hydrogen) atoms. The number of hydrogen-bond acceptors (Lipinski definition) is 5. The molecule has 5 heteroatoms. The Morgan fingerprint density at radius 1 is 1.05 bits per heavy atom. The van der Waals surface area contributed by atoms with Gasteiger partial charge in [-0.1, -0.05) is 30.3 Å². The van der Waals surface area contributed by atoms with Gasteiger partial charge in [0.25, 0.3) is 0 Å². The summed E-state index contributed by atoms with van der Waals surface area (Å²) in [6.45, 7) is 5.89. The molecular weight excluding hydrogens is 276 g/mol. The first kappa shape index (κ1) is 14.9. The lowest BCUT2D eigenvalue weighted by atomic mass is 10.2. The standard InChI is InChI=1S/C17H22N4O/c1-22-14-13-20-9-11-21(12-10-20)16-7-8-18-17(19-16)15-5-3-2-4-6-15/h2-8H,9-14H2,1H3. The van der Waals surface area contributed by atoms with Crippen LogP contribution in [0.25, 0.3) is 11.4 Å². The third-order valence-corrected chi connectivity index (χ3v) is 3.98. The summed E-state index contributed by atoms with van der Waals surface area (Å²) in [6.07, 6.45) is 1.85. The van der Waals surface area contributed by atoms with Crippen molar-refractivity contribution < 1.29 is 4.74 Å². The number of piperazine rings is 1. The minimum absolute atomic E-state index is 0.792. The molecular formula is C17H22N4O. The van der Waals surface area contributed by atoms with Gasteiger partial charge in [-0.05, 0) is 6.07 Å². The molecule has 0 bridgehead atoms. The molecule has 0 unspecified atom stereocenters. The Bertz CT molecular complexity index is 582. The fourth-order valence-corrected chi connectivity index (χ4v) is 2.67. The van der Waals surface area contributed by atoms with E-state index in [0.29, 0.717) is 0 Å². The third kappa shape index (κ3) is 3.61. The van der Waals surface area contributed by atoms with E-state index in [1.165, 1.54) is 0 Å². The number of nitrogens with zero attached hydrogens (tertiary/aromatic N) is 4. The van der Waals surface area contributed by atoms with Crippen LogP contribution in [0.5, 0.6) is 0 Å². The van der Waals surface area contributed by atoms with Crippen molar-refractivity contribution in [3.05, 3.63) is 42.6 Å². The number of benzene rings is 1. The fourth-order valence-electron chi connectivity index (χ4n) is 2.67. The fraction of sp³-hybridized carbons (Fsp3) is 0.412. The zero-order chi connectivity index (χ0) is 15.2. The molecule has 1 aromatic heterocycles. The Morgan fingerprint density at radius 2 is 1.82 bits per heavy atom. The van der Waals surface area contributed by atoms with E-state index >= 15 is 0 Å². The van der Waals surface area contributed by atoms with Gasteiger partial charge in [-0.2, -0.15) is 0 Å². The molecule has 0 radical (unpaired) electrons. The third-order valence-electron chi connectivity index (χ3n) is 3.98. The van der Waals surface area contributed by atoms with Crippen LogP contribution in [-0.2, 0) is 4.74 Å². The summed E-state index contributed by atoms with van der Waals surface area (Å²) >= 11 is 0. The molecule has 1 saturated heterocycles. The van der Waals surface area contributed by atoms with Crippen LogP contribution in [-0.4, -0.2) is 61.3 Å². The second-order valence-corrected chi connectivity index (χ2v) is 5.43. The number of methoxy groups -OCH3 is 1. The molecule has 1 aliphatic heterocycles. The van der Waals surface area contributed by atoms with Crippen LogP contribution in [0, 0.1) is 0 Å². The summed E-state index contributed by atoms with van der Waals surface area (Å²) in [6, 6.07) is 12.1. The predicted octanol–water partition coefficient (Wildman–Crippen LogP) is 1.91. The van der Waals surface area contributed by atoms with E-state index in [-0.39, 0.29) is 0 Å². The van der Waals surface area contributed by atoms with Gasteiger partial charge in [0, 0.05) is 51.6 Å². The number of rotatable bonds is 5. The van der Waals surface area contributed by atoms with E-state index < -0.39 is 0 Å². The monoisotopic (exact) mass is 298 g/mol. The van der Waals surface area contributed by atoms with Gasteiger partial charge < -0.3 is 9.64 Å². The van der Waals surface area contributed by atoms with E-state index in [0.717, 1.165) is 56.5 Å². The van der Waals surface area contributed by atoms with Gasteiger partial charge in [-0.25, -0.2) is 9.97 Å². The molecule has 5 nitrogen and oxygen atoms in total. The highest BCUT2D eigenvalue weighted by Crippen LogP contribution is 2.19. The van der Waals surface area contributed by atoms with Crippen molar-refractivity contribution in [3.63, 3.8) is 0 Å². The molecule has 0 amide bonds. The first-order valence-corrected chi connectivity index (χ1v) is 7.71. The topological polar surface area (TPSA) is 41.5 Å². The van der Waals surface area contributed by atoms with Crippen molar-refractivity contribution in [2.75, 3.05) is 51.3 Å². The number of anilines is 1. The zero-order valence-corrected chi connectivity index (χ0v) is 13.0. The van der Waals surface area contributed by atoms with Crippen molar-refractivity contribution >= 4 is 5.82 Å². The van der Waals surface area contributed by atoms with Crippen LogP contribution in [0.2, 0.25) is 0 Å². The average molecular weight is 298 g/mol. The SMILES string of the molecule is COCCN1CCN(c2ccnc(-c3ccccc3)n2)CC1. The molecule has 0 spiro atoms. The summed E-state index contributed by atoms with van der Waals surface area (Å²) in [7, 11) is 1.75. The highest BCUT2D eigenvalue weighted by molar-refractivity contribution is 5.57. The summed E-state index contributed by atoms with van der Waals surface area (Å²) in [5, 5.41) is 0. The molecule has 1 aliphatic rings. The maximum atomic E-state index is 5.14. The lowest BCUT2D eigenvalue weighted by Crippen LogP contribution is -2.47. The molecule has 116 valence electrons. The van der Waals surface area contributed by atoms with Gasteiger partial charge in [0.1, 0.15) is 5.82 Å².